The molecule has 0 fully saturated rings. The molecule has 16 heavy (non-hydrogen) atoms. The molecule has 0 atom stereocenters. The molecule has 1 radical (unpaired) electrons. The molecule has 1 rings (SSSR count). The summed E-state index contributed by atoms with van der Waals surface area (Å²) in [6.45, 7) is 2.76. The predicted octanol–water partition coefficient (Wildman–Crippen LogP) is 3.63. The second-order valence-electron chi connectivity index (χ2n) is 3.61. The monoisotopic (exact) mass is 222 g/mol. The van der Waals surface area contributed by atoms with E-state index < -0.39 is 0 Å². The maximum Gasteiger partial charge on any atom is 0.139 e. The first-order valence-corrected chi connectivity index (χ1v) is 5.66. The normalized spacial score (nSPS) is 10.9. The Hall–Kier alpha value is -1.38. The van der Waals surface area contributed by atoms with E-state index in [1.54, 1.807) is 12.1 Å². The molecule has 0 aromatic heterocycles. The minimum Gasteiger partial charge on any atom is -0.395 e. The van der Waals surface area contributed by atoms with Crippen molar-refractivity contribution in [1.29, 1.82) is 0 Å². The molecule has 0 heterocycles. The zero-order valence-corrected chi connectivity index (χ0v) is 9.58. The lowest BCUT2D eigenvalue weighted by molar-refractivity contribution is 0.141. The molecule has 0 N–H and O–H groups in total. The van der Waals surface area contributed by atoms with Gasteiger partial charge in [0.25, 0.3) is 0 Å². The van der Waals surface area contributed by atoms with E-state index in [1.807, 2.05) is 0 Å². The fourth-order valence-electron chi connectivity index (χ4n) is 1.28. The summed E-state index contributed by atoms with van der Waals surface area (Å²) >= 11 is 0. The molecule has 2 nitrogen and oxygen atoms in total. The molecule has 0 amide bonds. The van der Waals surface area contributed by atoms with Gasteiger partial charge in [0.2, 0.25) is 0 Å². The average molecular weight is 222 g/mol. The van der Waals surface area contributed by atoms with Crippen LogP contribution in [0.25, 0.3) is 0 Å². The highest BCUT2D eigenvalue weighted by molar-refractivity contribution is 5.78. The summed E-state index contributed by atoms with van der Waals surface area (Å²) in [7, 11) is 0. The molecule has 0 saturated carbocycles. The molecule has 1 aromatic carbocycles. The van der Waals surface area contributed by atoms with Gasteiger partial charge in [0.1, 0.15) is 18.6 Å². The van der Waals surface area contributed by atoms with Crippen LogP contribution >= 0.6 is 0 Å². The molecular weight excluding hydrogens is 205 g/mol. The van der Waals surface area contributed by atoms with Crippen molar-refractivity contribution in [3.05, 3.63) is 35.6 Å². The summed E-state index contributed by atoms with van der Waals surface area (Å²) in [6.07, 6.45) is 7.23. The number of nitrogens with zero attached hydrogens (tertiary/aromatic N) is 1. The Morgan fingerprint density at radius 2 is 2.19 bits per heavy atom. The van der Waals surface area contributed by atoms with E-state index in [-0.39, 0.29) is 5.82 Å². The Morgan fingerprint density at radius 1 is 1.31 bits per heavy atom. The number of unbranched alkanes of at least 4 members (excludes halogenated alkanes) is 3. The van der Waals surface area contributed by atoms with Crippen LogP contribution in [-0.2, 0) is 4.84 Å². The van der Waals surface area contributed by atoms with Gasteiger partial charge in [-0.05, 0) is 25.0 Å². The smallest absolute Gasteiger partial charge is 0.139 e. The summed E-state index contributed by atoms with van der Waals surface area (Å²) in [5, 5.41) is 3.66. The number of hydrogen-bond donors (Lipinski definition) is 0. The zero-order chi connectivity index (χ0) is 11.6. The average Bonchev–Trinajstić information content (AvgIpc) is 2.28. The number of benzene rings is 1. The van der Waals surface area contributed by atoms with Crippen molar-refractivity contribution in [3.63, 3.8) is 0 Å². The molecule has 0 unspecified atom stereocenters. The van der Waals surface area contributed by atoms with Gasteiger partial charge in [0, 0.05) is 5.56 Å². The lowest BCUT2D eigenvalue weighted by Crippen LogP contribution is -1.89. The SMILES string of the molecule is CCCCCCO/N=[C]/c1cccc(F)c1. The summed E-state index contributed by atoms with van der Waals surface area (Å²) < 4.78 is 12.8. The van der Waals surface area contributed by atoms with Crippen LogP contribution < -0.4 is 0 Å². The van der Waals surface area contributed by atoms with Crippen LogP contribution in [0.2, 0.25) is 0 Å². The highest BCUT2D eigenvalue weighted by Crippen LogP contribution is 2.01. The van der Waals surface area contributed by atoms with E-state index >= 15 is 0 Å². The third-order valence-electron chi connectivity index (χ3n) is 2.15. The van der Waals surface area contributed by atoms with Crippen molar-refractivity contribution < 1.29 is 9.23 Å². The number of halogens is 1. The van der Waals surface area contributed by atoms with Gasteiger partial charge in [-0.1, -0.05) is 37.1 Å². The Kier molecular flexibility index (Phi) is 6.23. The molecule has 87 valence electrons. The fourth-order valence-corrected chi connectivity index (χ4v) is 1.28. The first-order valence-electron chi connectivity index (χ1n) is 5.66. The van der Waals surface area contributed by atoms with Crippen LogP contribution in [0.1, 0.15) is 38.2 Å². The first-order chi connectivity index (χ1) is 7.83. The number of rotatable bonds is 7. The van der Waals surface area contributed by atoms with Gasteiger partial charge in [-0.2, -0.15) is 0 Å². The van der Waals surface area contributed by atoms with Crippen molar-refractivity contribution in [2.75, 3.05) is 6.61 Å². The van der Waals surface area contributed by atoms with Crippen molar-refractivity contribution in [3.8, 4) is 0 Å². The predicted molar refractivity (Wildman–Crippen MR) is 63.0 cm³/mol. The lowest BCUT2D eigenvalue weighted by atomic mass is 10.2. The molecule has 0 spiro atoms. The van der Waals surface area contributed by atoms with Crippen LogP contribution in [0.5, 0.6) is 0 Å². The summed E-state index contributed by atoms with van der Waals surface area (Å²) in [5.41, 5.74) is 0.591. The standard InChI is InChI=1S/C13H17FNO/c1-2-3-4-5-9-16-15-11-12-7-6-8-13(14)10-12/h6-8,10H,2-5,9H2,1H3. The largest absolute Gasteiger partial charge is 0.395 e. The molecular formula is C13H17FNO. The highest BCUT2D eigenvalue weighted by atomic mass is 19.1. The van der Waals surface area contributed by atoms with Gasteiger partial charge in [-0.25, -0.2) is 4.39 Å². The highest BCUT2D eigenvalue weighted by Gasteiger charge is 1.92. The number of hydrogen-bond acceptors (Lipinski definition) is 2. The van der Waals surface area contributed by atoms with Crippen molar-refractivity contribution >= 4 is 6.21 Å². The van der Waals surface area contributed by atoms with E-state index in [0.29, 0.717) is 12.2 Å². The van der Waals surface area contributed by atoms with Crippen molar-refractivity contribution in [2.45, 2.75) is 32.6 Å². The van der Waals surface area contributed by atoms with Gasteiger partial charge in [-0.15, -0.1) is 0 Å². The van der Waals surface area contributed by atoms with Crippen molar-refractivity contribution in [1.82, 2.24) is 0 Å². The maximum atomic E-state index is 12.8. The molecule has 0 aliphatic heterocycles. The van der Waals surface area contributed by atoms with E-state index in [9.17, 15) is 4.39 Å². The Labute approximate surface area is 96.1 Å². The Balaban J connectivity index is 2.17. The molecule has 0 bridgehead atoms. The van der Waals surface area contributed by atoms with Crippen LogP contribution in [-0.4, -0.2) is 12.8 Å². The van der Waals surface area contributed by atoms with E-state index in [0.717, 1.165) is 12.8 Å². The summed E-state index contributed by atoms with van der Waals surface area (Å²) in [4.78, 5) is 5.02. The quantitative estimate of drug-likeness (QED) is 0.392. The van der Waals surface area contributed by atoms with Gasteiger partial charge >= 0.3 is 0 Å². The van der Waals surface area contributed by atoms with E-state index in [2.05, 4.69) is 18.3 Å². The third-order valence-corrected chi connectivity index (χ3v) is 2.15. The molecule has 3 heteroatoms. The minimum absolute atomic E-state index is 0.289. The second-order valence-corrected chi connectivity index (χ2v) is 3.61. The van der Waals surface area contributed by atoms with E-state index in [1.165, 1.54) is 25.0 Å². The Bertz CT molecular complexity index is 325. The maximum absolute atomic E-state index is 12.8. The fraction of sp³-hybridized carbons (Fsp3) is 0.462. The van der Waals surface area contributed by atoms with Gasteiger partial charge in [0.05, 0.1) is 0 Å². The summed E-state index contributed by atoms with van der Waals surface area (Å²) in [5.74, 6) is -0.289. The molecule has 0 aliphatic rings. The van der Waals surface area contributed by atoms with Crippen LogP contribution in [0, 0.1) is 5.82 Å². The second kappa shape index (κ2) is 7.85. The van der Waals surface area contributed by atoms with Crippen LogP contribution in [0.15, 0.2) is 29.4 Å². The summed E-state index contributed by atoms with van der Waals surface area (Å²) in [6, 6.07) is 6.10. The molecule has 0 aliphatic carbocycles. The zero-order valence-electron chi connectivity index (χ0n) is 9.58. The van der Waals surface area contributed by atoms with Gasteiger partial charge in [0.15, 0.2) is 0 Å². The molecule has 1 aromatic rings. The van der Waals surface area contributed by atoms with Crippen LogP contribution in [0.3, 0.4) is 0 Å². The first kappa shape index (κ1) is 12.7. The lowest BCUT2D eigenvalue weighted by Gasteiger charge is -1.98. The minimum atomic E-state index is -0.289. The molecule has 0 saturated heterocycles. The van der Waals surface area contributed by atoms with Gasteiger partial charge < -0.3 is 4.84 Å². The topological polar surface area (TPSA) is 21.6 Å². The van der Waals surface area contributed by atoms with Crippen LogP contribution in [0.4, 0.5) is 4.39 Å². The van der Waals surface area contributed by atoms with Crippen molar-refractivity contribution in [2.24, 2.45) is 5.16 Å². The van der Waals surface area contributed by atoms with Gasteiger partial charge in [-0.3, -0.25) is 0 Å². The van der Waals surface area contributed by atoms with E-state index in [4.69, 9.17) is 4.84 Å². The third kappa shape index (κ3) is 5.49. The Morgan fingerprint density at radius 3 is 2.94 bits per heavy atom.